The zero-order chi connectivity index (χ0) is 22.9. The van der Waals surface area contributed by atoms with Crippen LogP contribution in [0.25, 0.3) is 0 Å². The third kappa shape index (κ3) is 4.69. The summed E-state index contributed by atoms with van der Waals surface area (Å²) in [6, 6.07) is 10.4. The summed E-state index contributed by atoms with van der Waals surface area (Å²) in [5, 5.41) is 0. The molecule has 1 fully saturated rings. The predicted molar refractivity (Wildman–Crippen MR) is 126 cm³/mol. The van der Waals surface area contributed by atoms with Gasteiger partial charge in [0.05, 0.1) is 6.42 Å². The fourth-order valence-electron chi connectivity index (χ4n) is 4.74. The lowest BCUT2D eigenvalue weighted by Crippen LogP contribution is -2.45. The number of carbonyl (C=O) groups is 2. The van der Waals surface area contributed by atoms with Gasteiger partial charge in [-0.1, -0.05) is 51.1 Å². The van der Waals surface area contributed by atoms with E-state index in [0.29, 0.717) is 19.5 Å². The summed E-state index contributed by atoms with van der Waals surface area (Å²) < 4.78 is 0. The first-order chi connectivity index (χ1) is 15.2. The van der Waals surface area contributed by atoms with Crippen LogP contribution in [0.5, 0.6) is 0 Å². The monoisotopic (exact) mass is 434 g/mol. The van der Waals surface area contributed by atoms with Crippen LogP contribution in [0.4, 0.5) is 5.82 Å². The molecule has 0 saturated carbocycles. The average Bonchev–Trinajstić information content (AvgIpc) is 3.09. The number of likely N-dealkylation sites (tertiary alicyclic amines) is 1. The van der Waals surface area contributed by atoms with Crippen molar-refractivity contribution < 1.29 is 9.59 Å². The van der Waals surface area contributed by atoms with Crippen molar-refractivity contribution in [2.45, 2.75) is 65.7 Å². The molecule has 2 amide bonds. The number of fused-ring (bicyclic) bond motifs is 1. The van der Waals surface area contributed by atoms with Crippen LogP contribution in [0.3, 0.4) is 0 Å². The smallest absolute Gasteiger partial charge is 0.232 e. The minimum Gasteiger partial charge on any atom is -0.342 e. The Morgan fingerprint density at radius 3 is 2.62 bits per heavy atom. The second-order valence-corrected chi connectivity index (χ2v) is 10.1. The number of hydrogen-bond donors (Lipinski definition) is 0. The number of amides is 2. The normalized spacial score (nSPS) is 18.8. The average molecular weight is 435 g/mol. The lowest BCUT2D eigenvalue weighted by atomic mass is 9.91. The van der Waals surface area contributed by atoms with Crippen LogP contribution in [0, 0.1) is 12.3 Å². The van der Waals surface area contributed by atoms with Gasteiger partial charge in [-0.15, -0.1) is 0 Å². The highest BCUT2D eigenvalue weighted by Crippen LogP contribution is 2.33. The predicted octanol–water partition coefficient (Wildman–Crippen LogP) is 4.06. The van der Waals surface area contributed by atoms with E-state index in [2.05, 4.69) is 12.1 Å². The van der Waals surface area contributed by atoms with Crippen LogP contribution in [-0.2, 0) is 22.4 Å². The first-order valence-electron chi connectivity index (χ1n) is 11.7. The number of benzene rings is 1. The molecule has 2 aliphatic rings. The molecule has 4 rings (SSSR count). The largest absolute Gasteiger partial charge is 0.342 e. The van der Waals surface area contributed by atoms with Crippen LogP contribution in [-0.4, -0.2) is 46.3 Å². The van der Waals surface area contributed by atoms with Crippen LogP contribution in [0.15, 0.2) is 30.3 Å². The Morgan fingerprint density at radius 1 is 1.16 bits per heavy atom. The SMILES string of the molecule is Cc1nc([C@@H]2CCCN(C(=O)C(C)(C)C)C2)nc2c1CC(=O)N2CCCc1ccccc1. The lowest BCUT2D eigenvalue weighted by Gasteiger charge is -2.36. The number of rotatable bonds is 5. The van der Waals surface area contributed by atoms with Crippen LogP contribution < -0.4 is 4.90 Å². The molecule has 1 atom stereocenters. The highest BCUT2D eigenvalue weighted by atomic mass is 16.2. The lowest BCUT2D eigenvalue weighted by molar-refractivity contribution is -0.140. The van der Waals surface area contributed by atoms with Crippen molar-refractivity contribution in [2.24, 2.45) is 5.41 Å². The van der Waals surface area contributed by atoms with Gasteiger partial charge in [-0.2, -0.15) is 0 Å². The quantitative estimate of drug-likeness (QED) is 0.712. The van der Waals surface area contributed by atoms with Gasteiger partial charge in [0.25, 0.3) is 0 Å². The molecule has 2 aliphatic heterocycles. The number of hydrogen-bond acceptors (Lipinski definition) is 4. The second-order valence-electron chi connectivity index (χ2n) is 10.1. The number of nitrogens with zero attached hydrogens (tertiary/aromatic N) is 4. The van der Waals surface area contributed by atoms with E-state index < -0.39 is 5.41 Å². The number of piperidine rings is 1. The van der Waals surface area contributed by atoms with Gasteiger partial charge < -0.3 is 4.90 Å². The second kappa shape index (κ2) is 9.00. The minimum absolute atomic E-state index is 0.107. The number of carbonyl (C=O) groups excluding carboxylic acids is 2. The minimum atomic E-state index is -0.390. The summed E-state index contributed by atoms with van der Waals surface area (Å²) >= 11 is 0. The first-order valence-corrected chi connectivity index (χ1v) is 11.7. The van der Waals surface area contributed by atoms with Crippen LogP contribution >= 0.6 is 0 Å². The van der Waals surface area contributed by atoms with Crippen molar-refractivity contribution in [2.75, 3.05) is 24.5 Å². The summed E-state index contributed by atoms with van der Waals surface area (Å²) in [6.07, 6.45) is 4.13. The maximum Gasteiger partial charge on any atom is 0.232 e. The Balaban J connectivity index is 1.51. The number of aryl methyl sites for hydroxylation is 2. The van der Waals surface area contributed by atoms with Crippen molar-refractivity contribution in [3.05, 3.63) is 53.0 Å². The van der Waals surface area contributed by atoms with Crippen molar-refractivity contribution in [1.82, 2.24) is 14.9 Å². The van der Waals surface area contributed by atoms with E-state index in [-0.39, 0.29) is 17.7 Å². The van der Waals surface area contributed by atoms with Gasteiger partial charge in [-0.25, -0.2) is 9.97 Å². The van der Waals surface area contributed by atoms with Gasteiger partial charge >= 0.3 is 0 Å². The first kappa shape index (κ1) is 22.4. The summed E-state index contributed by atoms with van der Waals surface area (Å²) in [5.41, 5.74) is 2.74. The van der Waals surface area contributed by atoms with E-state index in [1.807, 2.05) is 55.7 Å². The molecule has 170 valence electrons. The van der Waals surface area contributed by atoms with Crippen molar-refractivity contribution >= 4 is 17.6 Å². The van der Waals surface area contributed by atoms with Crippen molar-refractivity contribution in [1.29, 1.82) is 0 Å². The highest BCUT2D eigenvalue weighted by molar-refractivity contribution is 6.00. The topological polar surface area (TPSA) is 66.4 Å². The Hall–Kier alpha value is -2.76. The van der Waals surface area contributed by atoms with Crippen molar-refractivity contribution in [3.8, 4) is 0 Å². The molecular formula is C26H34N4O2. The van der Waals surface area contributed by atoms with Gasteiger partial charge in [-0.05, 0) is 38.2 Å². The van der Waals surface area contributed by atoms with Crippen LogP contribution in [0.2, 0.25) is 0 Å². The van der Waals surface area contributed by atoms with E-state index >= 15 is 0 Å². The standard InChI is InChI=1S/C26H34N4O2/c1-18-21-16-22(31)30(15-8-12-19-10-6-5-7-11-19)24(21)28-23(27-18)20-13-9-14-29(17-20)25(32)26(2,3)4/h5-7,10-11,20H,8-9,12-17H2,1-4H3/t20-/m1/s1. The van der Waals surface area contributed by atoms with E-state index in [1.54, 1.807) is 0 Å². The molecule has 0 aliphatic carbocycles. The Bertz CT molecular complexity index is 997. The van der Waals surface area contributed by atoms with E-state index in [0.717, 1.165) is 55.1 Å². The van der Waals surface area contributed by atoms with Gasteiger partial charge in [0.2, 0.25) is 11.8 Å². The van der Waals surface area contributed by atoms with Gasteiger partial charge in [0, 0.05) is 42.2 Å². The summed E-state index contributed by atoms with van der Waals surface area (Å²) in [6.45, 7) is 9.98. The fraction of sp³-hybridized carbons (Fsp3) is 0.538. The van der Waals surface area contributed by atoms with Crippen LogP contribution in [0.1, 0.15) is 68.6 Å². The molecule has 32 heavy (non-hydrogen) atoms. The molecule has 0 spiro atoms. The molecule has 0 unspecified atom stereocenters. The fourth-order valence-corrected chi connectivity index (χ4v) is 4.74. The Labute approximate surface area is 191 Å². The molecule has 1 aromatic heterocycles. The zero-order valence-electron chi connectivity index (χ0n) is 19.7. The van der Waals surface area contributed by atoms with E-state index in [9.17, 15) is 9.59 Å². The summed E-state index contributed by atoms with van der Waals surface area (Å²) in [4.78, 5) is 39.1. The highest BCUT2D eigenvalue weighted by Gasteiger charge is 2.35. The zero-order valence-corrected chi connectivity index (χ0v) is 19.7. The molecule has 6 heteroatoms. The molecule has 3 heterocycles. The third-order valence-electron chi connectivity index (χ3n) is 6.50. The maximum absolute atomic E-state index is 12.8. The molecule has 0 radical (unpaired) electrons. The van der Waals surface area contributed by atoms with E-state index in [4.69, 9.17) is 9.97 Å². The van der Waals surface area contributed by atoms with Crippen molar-refractivity contribution in [3.63, 3.8) is 0 Å². The van der Waals surface area contributed by atoms with Gasteiger partial charge in [0.15, 0.2) is 0 Å². The summed E-state index contributed by atoms with van der Waals surface area (Å²) in [5.74, 6) is 1.95. The molecule has 1 aromatic carbocycles. The summed E-state index contributed by atoms with van der Waals surface area (Å²) in [7, 11) is 0. The molecule has 0 bridgehead atoms. The Kier molecular flexibility index (Phi) is 6.31. The maximum atomic E-state index is 12.8. The Morgan fingerprint density at radius 2 is 1.91 bits per heavy atom. The molecule has 2 aromatic rings. The van der Waals surface area contributed by atoms with E-state index in [1.165, 1.54) is 5.56 Å². The number of anilines is 1. The number of aromatic nitrogens is 2. The molecule has 1 saturated heterocycles. The van der Waals surface area contributed by atoms with Gasteiger partial charge in [-0.3, -0.25) is 14.5 Å². The third-order valence-corrected chi connectivity index (χ3v) is 6.50. The molecule has 0 N–H and O–H groups in total. The molecule has 6 nitrogen and oxygen atoms in total. The van der Waals surface area contributed by atoms with Gasteiger partial charge in [0.1, 0.15) is 11.6 Å². The molecular weight excluding hydrogens is 400 g/mol.